The summed E-state index contributed by atoms with van der Waals surface area (Å²) in [5.41, 5.74) is 6.79. The zero-order chi connectivity index (χ0) is 20.6. The topological polar surface area (TPSA) is 25.2 Å². The SMILES string of the molecule is C=C(/N=C(\C=C\c1ccccc1)c1ccc(-c2ccccn2)cc1)c1ccccc1. The van der Waals surface area contributed by atoms with Gasteiger partial charge < -0.3 is 0 Å². The molecule has 1 heterocycles. The predicted octanol–water partition coefficient (Wildman–Crippen LogP) is 6.92. The zero-order valence-electron chi connectivity index (χ0n) is 16.6. The van der Waals surface area contributed by atoms with Crippen LogP contribution in [-0.4, -0.2) is 10.7 Å². The van der Waals surface area contributed by atoms with E-state index in [0.717, 1.165) is 39.4 Å². The molecule has 4 rings (SSSR count). The van der Waals surface area contributed by atoms with Crippen molar-refractivity contribution < 1.29 is 0 Å². The summed E-state index contributed by atoms with van der Waals surface area (Å²) in [5, 5.41) is 0. The summed E-state index contributed by atoms with van der Waals surface area (Å²) < 4.78 is 0. The third-order valence-electron chi connectivity index (χ3n) is 4.74. The van der Waals surface area contributed by atoms with Crippen molar-refractivity contribution in [1.82, 2.24) is 4.98 Å². The Morgan fingerprint density at radius 3 is 2.03 bits per heavy atom. The van der Waals surface area contributed by atoms with Crippen LogP contribution in [0.1, 0.15) is 16.7 Å². The quantitative estimate of drug-likeness (QED) is 0.330. The number of aliphatic imine (C=N–C) groups is 1. The van der Waals surface area contributed by atoms with Crippen LogP contribution in [0, 0.1) is 0 Å². The fraction of sp³-hybridized carbons (Fsp3) is 0. The van der Waals surface area contributed by atoms with Gasteiger partial charge >= 0.3 is 0 Å². The second kappa shape index (κ2) is 9.44. The Morgan fingerprint density at radius 2 is 1.37 bits per heavy atom. The van der Waals surface area contributed by atoms with Crippen molar-refractivity contribution in [3.05, 3.63) is 139 Å². The standard InChI is InChI=1S/C28H22N2/c1-22(24-12-6-3-7-13-24)30-28(20-15-23-10-4-2-5-11-23)26-18-16-25(17-19-26)27-14-8-9-21-29-27/h2-21H,1H2/b20-15+,30-28+. The zero-order valence-corrected chi connectivity index (χ0v) is 16.6. The minimum absolute atomic E-state index is 0.733. The molecule has 4 aromatic rings. The number of hydrogen-bond donors (Lipinski definition) is 0. The van der Waals surface area contributed by atoms with Gasteiger partial charge in [0, 0.05) is 17.3 Å². The fourth-order valence-corrected chi connectivity index (χ4v) is 3.12. The molecule has 3 aromatic carbocycles. The second-order valence-corrected chi connectivity index (χ2v) is 6.85. The first-order valence-corrected chi connectivity index (χ1v) is 9.87. The maximum atomic E-state index is 4.85. The first-order valence-electron chi connectivity index (χ1n) is 9.87. The van der Waals surface area contributed by atoms with Gasteiger partial charge in [-0.1, -0.05) is 104 Å². The van der Waals surface area contributed by atoms with Crippen LogP contribution in [0.3, 0.4) is 0 Å². The number of hydrogen-bond acceptors (Lipinski definition) is 2. The Kier molecular flexibility index (Phi) is 6.07. The summed E-state index contributed by atoms with van der Waals surface area (Å²) in [6.07, 6.45) is 5.92. The van der Waals surface area contributed by atoms with Crippen LogP contribution >= 0.6 is 0 Å². The smallest absolute Gasteiger partial charge is 0.0709 e. The molecule has 144 valence electrons. The first-order chi connectivity index (χ1) is 14.8. The molecule has 0 bridgehead atoms. The highest BCUT2D eigenvalue weighted by atomic mass is 14.8. The minimum atomic E-state index is 0.733. The highest BCUT2D eigenvalue weighted by Gasteiger charge is 2.05. The van der Waals surface area contributed by atoms with Crippen molar-refractivity contribution >= 4 is 17.5 Å². The van der Waals surface area contributed by atoms with Crippen molar-refractivity contribution in [2.45, 2.75) is 0 Å². The molecule has 2 heteroatoms. The van der Waals surface area contributed by atoms with Crippen LogP contribution in [0.15, 0.2) is 127 Å². The Morgan fingerprint density at radius 1 is 0.700 bits per heavy atom. The highest BCUT2D eigenvalue weighted by Crippen LogP contribution is 2.20. The van der Waals surface area contributed by atoms with Crippen molar-refractivity contribution in [1.29, 1.82) is 0 Å². The van der Waals surface area contributed by atoms with Crippen LogP contribution in [0.5, 0.6) is 0 Å². The number of rotatable bonds is 6. The molecule has 30 heavy (non-hydrogen) atoms. The maximum absolute atomic E-state index is 4.85. The number of nitrogens with zero attached hydrogens (tertiary/aromatic N) is 2. The number of aromatic nitrogens is 1. The van der Waals surface area contributed by atoms with E-state index < -0.39 is 0 Å². The molecule has 0 unspecified atom stereocenters. The van der Waals surface area contributed by atoms with Gasteiger partial charge in [0.15, 0.2) is 0 Å². The molecule has 0 saturated carbocycles. The Balaban J connectivity index is 1.68. The van der Waals surface area contributed by atoms with E-state index in [0.29, 0.717) is 0 Å². The molecule has 0 fully saturated rings. The lowest BCUT2D eigenvalue weighted by molar-refractivity contribution is 1.33. The average Bonchev–Trinajstić information content (AvgIpc) is 2.83. The van der Waals surface area contributed by atoms with Gasteiger partial charge in [-0.2, -0.15) is 0 Å². The van der Waals surface area contributed by atoms with E-state index in [2.05, 4.69) is 54.0 Å². The van der Waals surface area contributed by atoms with Crippen molar-refractivity contribution in [3.8, 4) is 11.3 Å². The van der Waals surface area contributed by atoms with Gasteiger partial charge in [-0.05, 0) is 29.3 Å². The molecule has 0 radical (unpaired) electrons. The van der Waals surface area contributed by atoms with E-state index in [1.807, 2.05) is 79.0 Å². The number of benzene rings is 3. The fourth-order valence-electron chi connectivity index (χ4n) is 3.12. The van der Waals surface area contributed by atoms with Crippen molar-refractivity contribution in [3.63, 3.8) is 0 Å². The highest BCUT2D eigenvalue weighted by molar-refractivity contribution is 6.12. The lowest BCUT2D eigenvalue weighted by Crippen LogP contribution is -1.98. The number of allylic oxidation sites excluding steroid dienone is 1. The van der Waals surface area contributed by atoms with Crippen molar-refractivity contribution in [2.75, 3.05) is 0 Å². The summed E-state index contributed by atoms with van der Waals surface area (Å²) >= 11 is 0. The van der Waals surface area contributed by atoms with E-state index in [9.17, 15) is 0 Å². The van der Waals surface area contributed by atoms with Crippen LogP contribution < -0.4 is 0 Å². The maximum Gasteiger partial charge on any atom is 0.0709 e. The third kappa shape index (κ3) is 4.86. The molecule has 0 N–H and O–H groups in total. The summed E-state index contributed by atoms with van der Waals surface area (Å²) in [6, 6.07) is 34.5. The Hall–Kier alpha value is -4.04. The second-order valence-electron chi connectivity index (χ2n) is 6.85. The van der Waals surface area contributed by atoms with Gasteiger partial charge in [0.05, 0.1) is 17.1 Å². The van der Waals surface area contributed by atoms with E-state index in [1.54, 1.807) is 0 Å². The molecular weight excluding hydrogens is 364 g/mol. The third-order valence-corrected chi connectivity index (χ3v) is 4.74. The van der Waals surface area contributed by atoms with Crippen LogP contribution in [0.2, 0.25) is 0 Å². The summed E-state index contributed by atoms with van der Waals surface area (Å²) in [6.45, 7) is 4.18. The van der Waals surface area contributed by atoms with Crippen LogP contribution in [-0.2, 0) is 0 Å². The first kappa shape index (κ1) is 19.3. The molecule has 0 atom stereocenters. The van der Waals surface area contributed by atoms with Gasteiger partial charge in [0.1, 0.15) is 0 Å². The Bertz CT molecular complexity index is 1160. The largest absolute Gasteiger partial charge is 0.256 e. The van der Waals surface area contributed by atoms with E-state index >= 15 is 0 Å². The lowest BCUT2D eigenvalue weighted by atomic mass is 10.0. The molecule has 1 aromatic heterocycles. The van der Waals surface area contributed by atoms with E-state index in [-0.39, 0.29) is 0 Å². The average molecular weight is 386 g/mol. The molecule has 0 aliphatic rings. The monoisotopic (exact) mass is 386 g/mol. The van der Waals surface area contributed by atoms with Gasteiger partial charge in [0.2, 0.25) is 0 Å². The molecule has 0 aliphatic heterocycles. The Labute approximate surface area is 177 Å². The molecular formula is C28H22N2. The normalized spacial score (nSPS) is 11.5. The van der Waals surface area contributed by atoms with Gasteiger partial charge in [-0.3, -0.25) is 4.98 Å². The summed E-state index contributed by atoms with van der Waals surface area (Å²) in [4.78, 5) is 9.28. The van der Waals surface area contributed by atoms with Gasteiger partial charge in [-0.15, -0.1) is 0 Å². The van der Waals surface area contributed by atoms with Crippen LogP contribution in [0.25, 0.3) is 23.0 Å². The summed E-state index contributed by atoms with van der Waals surface area (Å²) in [5.74, 6) is 0. The van der Waals surface area contributed by atoms with E-state index in [4.69, 9.17) is 4.99 Å². The van der Waals surface area contributed by atoms with E-state index in [1.165, 1.54) is 0 Å². The van der Waals surface area contributed by atoms with Gasteiger partial charge in [0.25, 0.3) is 0 Å². The predicted molar refractivity (Wildman–Crippen MR) is 127 cm³/mol. The van der Waals surface area contributed by atoms with Crippen LogP contribution in [0.4, 0.5) is 0 Å². The molecule has 0 spiro atoms. The lowest BCUT2D eigenvalue weighted by Gasteiger charge is -2.07. The summed E-state index contributed by atoms with van der Waals surface area (Å²) in [7, 11) is 0. The minimum Gasteiger partial charge on any atom is -0.256 e. The molecule has 2 nitrogen and oxygen atoms in total. The molecule has 0 amide bonds. The van der Waals surface area contributed by atoms with Crippen molar-refractivity contribution in [2.24, 2.45) is 4.99 Å². The molecule has 0 saturated heterocycles. The number of pyridine rings is 1. The molecule has 0 aliphatic carbocycles. The van der Waals surface area contributed by atoms with Gasteiger partial charge in [-0.25, -0.2) is 4.99 Å².